The van der Waals surface area contributed by atoms with Gasteiger partial charge in [-0.15, -0.1) is 0 Å². The molecule has 6 rings (SSSR count). The maximum atomic E-state index is 13.2. The van der Waals surface area contributed by atoms with Gasteiger partial charge in [0.05, 0.1) is 25.0 Å². The molecule has 0 fully saturated rings. The van der Waals surface area contributed by atoms with Crippen LogP contribution in [-0.2, 0) is 16.0 Å². The maximum absolute atomic E-state index is 13.2. The molecule has 1 atom stereocenters. The normalized spacial score (nSPS) is 12.2. The van der Waals surface area contributed by atoms with Crippen LogP contribution in [0.25, 0.3) is 0 Å². The van der Waals surface area contributed by atoms with Gasteiger partial charge >= 0.3 is 5.97 Å². The van der Waals surface area contributed by atoms with Crippen LogP contribution in [0.1, 0.15) is 21.5 Å². The third-order valence-corrected chi connectivity index (χ3v) is 7.50. The lowest BCUT2D eigenvalue weighted by atomic mass is 10.00. The zero-order valence-corrected chi connectivity index (χ0v) is 24.3. The van der Waals surface area contributed by atoms with Gasteiger partial charge in [-0.1, -0.05) is 78.9 Å². The highest BCUT2D eigenvalue weighted by Gasteiger charge is 2.24. The number of ketones is 1. The molecule has 1 heterocycles. The number of nitrogens with zero attached hydrogens (tertiary/aromatic N) is 1. The summed E-state index contributed by atoms with van der Waals surface area (Å²) in [5, 5.41) is 3.26. The monoisotopic (exact) mass is 584 g/mol. The van der Waals surface area contributed by atoms with E-state index in [0.29, 0.717) is 36.4 Å². The van der Waals surface area contributed by atoms with Crippen molar-refractivity contribution in [2.24, 2.45) is 0 Å². The molecule has 5 aromatic rings. The molecule has 1 N–H and O–H groups in total. The highest BCUT2D eigenvalue weighted by molar-refractivity contribution is 6.12. The summed E-state index contributed by atoms with van der Waals surface area (Å²) in [5.41, 5.74) is 4.55. The molecule has 1 aliphatic rings. The molecule has 0 aliphatic carbocycles. The molecular weight excluding hydrogens is 552 g/mol. The number of para-hydroxylation sites is 5. The Kier molecular flexibility index (Phi) is 8.55. The summed E-state index contributed by atoms with van der Waals surface area (Å²) >= 11 is 0. The number of rotatable bonds is 11. The van der Waals surface area contributed by atoms with Crippen molar-refractivity contribution in [1.29, 1.82) is 0 Å². The molecule has 0 saturated carbocycles. The second-order valence-corrected chi connectivity index (χ2v) is 10.3. The van der Waals surface area contributed by atoms with E-state index in [9.17, 15) is 9.59 Å². The van der Waals surface area contributed by atoms with Gasteiger partial charge < -0.3 is 24.4 Å². The van der Waals surface area contributed by atoms with E-state index >= 15 is 0 Å². The zero-order chi connectivity index (χ0) is 30.3. The molecule has 1 aliphatic heterocycles. The third kappa shape index (κ3) is 6.27. The Balaban J connectivity index is 1.11. The molecule has 5 aromatic carbocycles. The highest BCUT2D eigenvalue weighted by atomic mass is 16.5. The summed E-state index contributed by atoms with van der Waals surface area (Å²) in [6.45, 7) is 1.09. The molecule has 7 heteroatoms. The van der Waals surface area contributed by atoms with Gasteiger partial charge in [0.15, 0.2) is 17.3 Å². The first-order valence-corrected chi connectivity index (χ1v) is 14.5. The lowest BCUT2D eigenvalue weighted by Gasteiger charge is -2.32. The number of esters is 1. The van der Waals surface area contributed by atoms with Gasteiger partial charge in [-0.05, 0) is 54.1 Å². The first-order chi connectivity index (χ1) is 21.6. The summed E-state index contributed by atoms with van der Waals surface area (Å²) in [5.74, 6) is 1.82. The van der Waals surface area contributed by atoms with E-state index in [0.717, 1.165) is 34.2 Å². The van der Waals surface area contributed by atoms with Crippen LogP contribution in [0.3, 0.4) is 0 Å². The van der Waals surface area contributed by atoms with Crippen molar-refractivity contribution in [1.82, 2.24) is 0 Å². The fraction of sp³-hybridized carbons (Fsp3) is 0.135. The van der Waals surface area contributed by atoms with Crippen molar-refractivity contribution < 1.29 is 23.8 Å². The number of hydrogen-bond donors (Lipinski definition) is 1. The van der Waals surface area contributed by atoms with Gasteiger partial charge in [0.2, 0.25) is 0 Å². The first-order valence-electron chi connectivity index (χ1n) is 14.5. The van der Waals surface area contributed by atoms with Gasteiger partial charge in [0.1, 0.15) is 18.4 Å². The smallest absolute Gasteiger partial charge is 0.328 e. The van der Waals surface area contributed by atoms with E-state index in [4.69, 9.17) is 14.2 Å². The van der Waals surface area contributed by atoms with E-state index in [2.05, 4.69) is 10.2 Å². The fourth-order valence-corrected chi connectivity index (χ4v) is 5.31. The average Bonchev–Trinajstić information content (AvgIpc) is 3.08. The Bertz CT molecular complexity index is 1710. The minimum atomic E-state index is -0.696. The number of anilines is 3. The lowest BCUT2D eigenvalue weighted by molar-refractivity contribution is -0.141. The third-order valence-electron chi connectivity index (χ3n) is 7.50. The molecule has 0 saturated heterocycles. The number of benzene rings is 5. The Morgan fingerprint density at radius 1 is 0.750 bits per heavy atom. The quantitative estimate of drug-likeness (QED) is 0.128. The van der Waals surface area contributed by atoms with Crippen LogP contribution in [0.4, 0.5) is 17.1 Å². The molecule has 0 aromatic heterocycles. The molecule has 44 heavy (non-hydrogen) atoms. The van der Waals surface area contributed by atoms with Crippen LogP contribution in [-0.4, -0.2) is 38.1 Å². The van der Waals surface area contributed by atoms with E-state index in [1.54, 1.807) is 24.3 Å². The van der Waals surface area contributed by atoms with E-state index in [1.807, 2.05) is 103 Å². The van der Waals surface area contributed by atoms with E-state index in [-0.39, 0.29) is 5.78 Å². The number of nitrogens with one attached hydrogen (secondary N) is 1. The summed E-state index contributed by atoms with van der Waals surface area (Å²) in [4.78, 5) is 28.2. The second-order valence-electron chi connectivity index (χ2n) is 10.3. The predicted octanol–water partition coefficient (Wildman–Crippen LogP) is 7.44. The number of methoxy groups -OCH3 is 1. The molecule has 220 valence electrons. The molecule has 0 radical (unpaired) electrons. The Hall–Kier alpha value is -5.56. The largest absolute Gasteiger partial charge is 0.492 e. The molecule has 0 spiro atoms. The standard InChI is InChI=1S/C37H32N2O5/c1-42-37(41)31(38-30-14-6-5-13-29(30)36(40)27-11-3-2-4-12-27)25-26-19-21-28(22-20-26)43-24-23-39-32-15-7-9-17-34(32)44-35-18-10-8-16-33(35)39/h2-22,31,38H,23-25H2,1H3. The SMILES string of the molecule is COC(=O)C(Cc1ccc(OCCN2c3ccccc3Oc3ccccc32)cc1)Nc1ccccc1C(=O)c1ccccc1. The van der Waals surface area contributed by atoms with Crippen molar-refractivity contribution >= 4 is 28.8 Å². The van der Waals surface area contributed by atoms with Crippen LogP contribution in [0.15, 0.2) is 127 Å². The minimum absolute atomic E-state index is 0.122. The van der Waals surface area contributed by atoms with Crippen LogP contribution in [0.5, 0.6) is 17.2 Å². The number of carbonyl (C=O) groups is 2. The minimum Gasteiger partial charge on any atom is -0.492 e. The Labute approximate surface area is 256 Å². The van der Waals surface area contributed by atoms with Gasteiger partial charge in [0.25, 0.3) is 0 Å². The number of fused-ring (bicyclic) bond motifs is 2. The van der Waals surface area contributed by atoms with Crippen molar-refractivity contribution in [2.45, 2.75) is 12.5 Å². The average molecular weight is 585 g/mol. The van der Waals surface area contributed by atoms with Crippen LogP contribution in [0, 0.1) is 0 Å². The molecule has 0 amide bonds. The fourth-order valence-electron chi connectivity index (χ4n) is 5.31. The molecule has 7 nitrogen and oxygen atoms in total. The highest BCUT2D eigenvalue weighted by Crippen LogP contribution is 2.45. The van der Waals surface area contributed by atoms with Gasteiger partial charge in [-0.2, -0.15) is 0 Å². The van der Waals surface area contributed by atoms with Crippen LogP contribution in [0.2, 0.25) is 0 Å². The summed E-state index contributed by atoms with van der Waals surface area (Å²) in [7, 11) is 1.36. The van der Waals surface area contributed by atoms with Crippen LogP contribution < -0.4 is 19.7 Å². The zero-order valence-electron chi connectivity index (χ0n) is 24.3. The second kappa shape index (κ2) is 13.2. The number of hydrogen-bond acceptors (Lipinski definition) is 7. The Morgan fingerprint density at radius 3 is 2.05 bits per heavy atom. The van der Waals surface area contributed by atoms with Gasteiger partial charge in [-0.3, -0.25) is 4.79 Å². The molecular formula is C37H32N2O5. The number of ether oxygens (including phenoxy) is 3. The van der Waals surface area contributed by atoms with Crippen molar-refractivity contribution in [3.8, 4) is 17.2 Å². The van der Waals surface area contributed by atoms with Crippen molar-refractivity contribution in [3.05, 3.63) is 144 Å². The van der Waals surface area contributed by atoms with Crippen LogP contribution >= 0.6 is 0 Å². The predicted molar refractivity (Wildman–Crippen MR) is 171 cm³/mol. The topological polar surface area (TPSA) is 77.1 Å². The summed E-state index contributed by atoms with van der Waals surface area (Å²) in [6.07, 6.45) is 0.363. The van der Waals surface area contributed by atoms with Gasteiger partial charge in [-0.25, -0.2) is 4.79 Å². The summed E-state index contributed by atoms with van der Waals surface area (Å²) in [6, 6.07) is 39.2. The van der Waals surface area contributed by atoms with Gasteiger partial charge in [0, 0.05) is 23.2 Å². The number of carbonyl (C=O) groups excluding carboxylic acids is 2. The van der Waals surface area contributed by atoms with Crippen molar-refractivity contribution in [3.63, 3.8) is 0 Å². The maximum Gasteiger partial charge on any atom is 0.328 e. The molecule has 0 bridgehead atoms. The first kappa shape index (κ1) is 28.6. The lowest BCUT2D eigenvalue weighted by Crippen LogP contribution is -2.33. The molecule has 1 unspecified atom stereocenters. The van der Waals surface area contributed by atoms with E-state index in [1.165, 1.54) is 7.11 Å². The summed E-state index contributed by atoms with van der Waals surface area (Å²) < 4.78 is 17.3. The van der Waals surface area contributed by atoms with E-state index < -0.39 is 12.0 Å². The Morgan fingerprint density at radius 2 is 1.36 bits per heavy atom. The van der Waals surface area contributed by atoms with Crippen molar-refractivity contribution in [2.75, 3.05) is 30.5 Å².